The van der Waals surface area contributed by atoms with E-state index in [2.05, 4.69) is 63.6 Å². The highest BCUT2D eigenvalue weighted by Crippen LogP contribution is 2.28. The molecular formula is C31H33N5OS. The second kappa shape index (κ2) is 12.7. The molecule has 0 aliphatic carbocycles. The highest BCUT2D eigenvalue weighted by Gasteiger charge is 2.20. The third-order valence-corrected chi connectivity index (χ3v) is 7.52. The van der Waals surface area contributed by atoms with Crippen LogP contribution in [-0.4, -0.2) is 53.5 Å². The minimum absolute atomic E-state index is 0.0460. The Balaban J connectivity index is 1.32. The minimum atomic E-state index is -0.0460. The van der Waals surface area contributed by atoms with E-state index in [-0.39, 0.29) is 5.91 Å². The number of nitrogens with zero attached hydrogens (tertiary/aromatic N) is 4. The highest BCUT2D eigenvalue weighted by atomic mass is 32.2. The van der Waals surface area contributed by atoms with Gasteiger partial charge in [-0.15, -0.1) is 0 Å². The smallest absolute Gasteiger partial charge is 0.251 e. The molecule has 0 atom stereocenters. The van der Waals surface area contributed by atoms with Crippen LogP contribution in [0.15, 0.2) is 96.2 Å². The molecule has 4 aromatic rings. The first kappa shape index (κ1) is 25.9. The Kier molecular flexibility index (Phi) is 8.68. The van der Waals surface area contributed by atoms with Crippen LogP contribution < -0.4 is 10.2 Å². The van der Waals surface area contributed by atoms with Crippen LogP contribution in [0.25, 0.3) is 11.3 Å². The largest absolute Gasteiger partial charge is 0.354 e. The van der Waals surface area contributed by atoms with Gasteiger partial charge in [-0.1, -0.05) is 84.6 Å². The van der Waals surface area contributed by atoms with Gasteiger partial charge < -0.3 is 10.2 Å². The Bertz CT molecular complexity index is 1340. The van der Waals surface area contributed by atoms with Crippen LogP contribution in [0.3, 0.4) is 0 Å². The van der Waals surface area contributed by atoms with Gasteiger partial charge >= 0.3 is 0 Å². The minimum Gasteiger partial charge on any atom is -0.354 e. The van der Waals surface area contributed by atoms with E-state index in [9.17, 15) is 4.79 Å². The number of benzene rings is 3. The van der Waals surface area contributed by atoms with Gasteiger partial charge in [0.2, 0.25) is 0 Å². The molecule has 0 radical (unpaired) electrons. The predicted octanol–water partition coefficient (Wildman–Crippen LogP) is 5.51. The first-order valence-corrected chi connectivity index (χ1v) is 14.1. The van der Waals surface area contributed by atoms with Crippen molar-refractivity contribution in [3.63, 3.8) is 0 Å². The summed E-state index contributed by atoms with van der Waals surface area (Å²) < 4.78 is 0. The molecule has 0 unspecified atom stereocenters. The van der Waals surface area contributed by atoms with Gasteiger partial charge in [-0.25, -0.2) is 9.97 Å². The van der Waals surface area contributed by atoms with E-state index in [0.29, 0.717) is 17.9 Å². The second-order valence-corrected chi connectivity index (χ2v) is 10.3. The first-order valence-electron chi connectivity index (χ1n) is 13.1. The highest BCUT2D eigenvalue weighted by molar-refractivity contribution is 7.98. The van der Waals surface area contributed by atoms with Gasteiger partial charge in [0.25, 0.3) is 5.91 Å². The molecule has 1 fully saturated rings. The summed E-state index contributed by atoms with van der Waals surface area (Å²) in [6.07, 6.45) is 0. The summed E-state index contributed by atoms with van der Waals surface area (Å²) in [7, 11) is 0. The zero-order valence-electron chi connectivity index (χ0n) is 21.7. The summed E-state index contributed by atoms with van der Waals surface area (Å²) in [5.41, 5.74) is 5.12. The Labute approximate surface area is 229 Å². The lowest BCUT2D eigenvalue weighted by Gasteiger charge is -2.35. The van der Waals surface area contributed by atoms with E-state index >= 15 is 0 Å². The molecule has 2 heterocycles. The number of aromatic nitrogens is 2. The SMILES string of the molecule is CCNC(=O)c1cccc(CSc2nc(-c3ccccc3)cc(N3CCN(Cc4ccccc4)CC3)n2)c1. The fraction of sp³-hybridized carbons (Fsp3) is 0.258. The Morgan fingerprint density at radius 3 is 2.29 bits per heavy atom. The average Bonchev–Trinajstić information content (AvgIpc) is 2.98. The van der Waals surface area contributed by atoms with E-state index in [1.165, 1.54) is 5.56 Å². The zero-order valence-corrected chi connectivity index (χ0v) is 22.5. The summed E-state index contributed by atoms with van der Waals surface area (Å²) in [5, 5.41) is 3.62. The molecule has 0 spiro atoms. The third kappa shape index (κ3) is 6.79. The molecule has 0 saturated carbocycles. The number of amides is 1. The molecule has 6 nitrogen and oxygen atoms in total. The quantitative estimate of drug-likeness (QED) is 0.231. The molecule has 0 bridgehead atoms. The molecule has 3 aromatic carbocycles. The van der Waals surface area contributed by atoms with Crippen LogP contribution in [0.2, 0.25) is 0 Å². The molecule has 194 valence electrons. The second-order valence-electron chi connectivity index (χ2n) is 9.36. The van der Waals surface area contributed by atoms with Crippen LogP contribution in [0.1, 0.15) is 28.4 Å². The fourth-order valence-corrected chi connectivity index (χ4v) is 5.38. The van der Waals surface area contributed by atoms with Crippen LogP contribution in [0, 0.1) is 0 Å². The monoisotopic (exact) mass is 523 g/mol. The van der Waals surface area contributed by atoms with Gasteiger partial charge in [0.1, 0.15) is 5.82 Å². The molecule has 1 aliphatic rings. The molecule has 1 amide bonds. The van der Waals surface area contributed by atoms with Gasteiger partial charge in [0.05, 0.1) is 5.69 Å². The third-order valence-electron chi connectivity index (χ3n) is 6.60. The molecule has 5 rings (SSSR count). The molecule has 1 N–H and O–H groups in total. The number of nitrogens with one attached hydrogen (secondary N) is 1. The van der Waals surface area contributed by atoms with Gasteiger partial charge in [-0.05, 0) is 30.2 Å². The number of anilines is 1. The fourth-order valence-electron chi connectivity index (χ4n) is 4.59. The Morgan fingerprint density at radius 2 is 1.55 bits per heavy atom. The normalized spacial score (nSPS) is 13.9. The van der Waals surface area contributed by atoms with Crippen molar-refractivity contribution in [1.29, 1.82) is 0 Å². The molecule has 1 aliphatic heterocycles. The van der Waals surface area contributed by atoms with E-state index in [1.54, 1.807) is 11.8 Å². The van der Waals surface area contributed by atoms with Gasteiger partial charge in [0, 0.05) is 62.2 Å². The van der Waals surface area contributed by atoms with E-state index in [1.807, 2.05) is 49.4 Å². The van der Waals surface area contributed by atoms with Crippen molar-refractivity contribution in [3.8, 4) is 11.3 Å². The van der Waals surface area contributed by atoms with E-state index in [4.69, 9.17) is 9.97 Å². The number of thioether (sulfide) groups is 1. The maximum atomic E-state index is 12.3. The van der Waals surface area contributed by atoms with E-state index < -0.39 is 0 Å². The molecule has 38 heavy (non-hydrogen) atoms. The van der Waals surface area contributed by atoms with Crippen LogP contribution >= 0.6 is 11.8 Å². The average molecular weight is 524 g/mol. The van der Waals surface area contributed by atoms with Gasteiger partial charge in [-0.2, -0.15) is 0 Å². The lowest BCUT2D eigenvalue weighted by molar-refractivity contribution is 0.0955. The van der Waals surface area contributed by atoms with Crippen molar-refractivity contribution in [1.82, 2.24) is 20.2 Å². The van der Waals surface area contributed by atoms with Crippen molar-refractivity contribution >= 4 is 23.5 Å². The maximum absolute atomic E-state index is 12.3. The predicted molar refractivity (Wildman–Crippen MR) is 155 cm³/mol. The standard InChI is InChI=1S/C31H33N5OS/c1-2-32-30(37)27-15-9-12-25(20-27)23-38-31-33-28(26-13-7-4-8-14-26)21-29(34-31)36-18-16-35(17-19-36)22-24-10-5-3-6-11-24/h3-15,20-21H,2,16-19,22-23H2,1H3,(H,32,37). The van der Waals surface area contributed by atoms with Gasteiger partial charge in [0.15, 0.2) is 5.16 Å². The summed E-state index contributed by atoms with van der Waals surface area (Å²) >= 11 is 1.61. The Morgan fingerprint density at radius 1 is 0.842 bits per heavy atom. The number of hydrogen-bond donors (Lipinski definition) is 1. The topological polar surface area (TPSA) is 61.4 Å². The molecule has 7 heteroatoms. The summed E-state index contributed by atoms with van der Waals surface area (Å²) in [4.78, 5) is 27.0. The van der Waals surface area contributed by atoms with E-state index in [0.717, 1.165) is 60.5 Å². The molecule has 1 saturated heterocycles. The van der Waals surface area contributed by atoms with Crippen LogP contribution in [0.4, 0.5) is 5.82 Å². The number of piperazine rings is 1. The first-order chi connectivity index (χ1) is 18.7. The Hall–Kier alpha value is -3.68. The van der Waals surface area contributed by atoms with Crippen LogP contribution in [-0.2, 0) is 12.3 Å². The van der Waals surface area contributed by atoms with Crippen molar-refractivity contribution < 1.29 is 4.79 Å². The number of carbonyl (C=O) groups excluding carboxylic acids is 1. The lowest BCUT2D eigenvalue weighted by Crippen LogP contribution is -2.46. The summed E-state index contributed by atoms with van der Waals surface area (Å²) in [6, 6.07) is 30.8. The number of rotatable bonds is 9. The summed E-state index contributed by atoms with van der Waals surface area (Å²) in [5.74, 6) is 1.61. The molecular weight excluding hydrogens is 490 g/mol. The van der Waals surface area contributed by atoms with Crippen molar-refractivity contribution in [3.05, 3.63) is 108 Å². The van der Waals surface area contributed by atoms with Gasteiger partial charge in [-0.3, -0.25) is 9.69 Å². The zero-order chi connectivity index (χ0) is 26.2. The van der Waals surface area contributed by atoms with Crippen molar-refractivity contribution in [2.45, 2.75) is 24.4 Å². The number of hydrogen-bond acceptors (Lipinski definition) is 6. The van der Waals surface area contributed by atoms with Crippen molar-refractivity contribution in [2.24, 2.45) is 0 Å². The maximum Gasteiger partial charge on any atom is 0.251 e. The number of carbonyl (C=O) groups is 1. The molecule has 1 aromatic heterocycles. The van der Waals surface area contributed by atoms with Crippen LogP contribution in [0.5, 0.6) is 0 Å². The lowest BCUT2D eigenvalue weighted by atomic mass is 10.1. The van der Waals surface area contributed by atoms with Crippen molar-refractivity contribution in [2.75, 3.05) is 37.6 Å². The summed E-state index contributed by atoms with van der Waals surface area (Å²) in [6.45, 7) is 7.36.